The van der Waals surface area contributed by atoms with Crippen molar-refractivity contribution in [3.63, 3.8) is 0 Å². The van der Waals surface area contributed by atoms with Gasteiger partial charge in [-0.25, -0.2) is 14.5 Å². The summed E-state index contributed by atoms with van der Waals surface area (Å²) in [5.41, 5.74) is 2.55. The molecule has 1 aromatic carbocycles. The van der Waals surface area contributed by atoms with Gasteiger partial charge in [-0.3, -0.25) is 10.1 Å². The van der Waals surface area contributed by atoms with Gasteiger partial charge in [-0.15, -0.1) is 5.10 Å². The number of carbonyl (C=O) groups is 1. The molecule has 3 aromatic heterocycles. The van der Waals surface area contributed by atoms with Crippen LogP contribution in [0.4, 0.5) is 5.95 Å². The summed E-state index contributed by atoms with van der Waals surface area (Å²) in [6, 6.07) is 11.3. The number of benzene rings is 1. The van der Waals surface area contributed by atoms with Crippen molar-refractivity contribution in [3.05, 3.63) is 55.0 Å². The van der Waals surface area contributed by atoms with Crippen molar-refractivity contribution in [2.75, 3.05) is 24.3 Å². The molecule has 1 N–H and O–H groups in total. The molecule has 0 radical (unpaired) electrons. The quantitative estimate of drug-likeness (QED) is 0.388. The number of pyridine rings is 1. The van der Waals surface area contributed by atoms with Crippen molar-refractivity contribution >= 4 is 29.3 Å². The first-order valence-corrected chi connectivity index (χ1v) is 10.2. The van der Waals surface area contributed by atoms with E-state index < -0.39 is 0 Å². The highest BCUT2D eigenvalue weighted by molar-refractivity contribution is 7.99. The molecular formula is C20H16N6O3S. The average molecular weight is 420 g/mol. The lowest BCUT2D eigenvalue weighted by atomic mass is 10.1. The fourth-order valence-electron chi connectivity index (χ4n) is 2.98. The molecule has 0 aliphatic carbocycles. The molecule has 0 spiro atoms. The Labute approximate surface area is 175 Å². The first-order valence-electron chi connectivity index (χ1n) is 9.21. The van der Waals surface area contributed by atoms with E-state index in [0.717, 1.165) is 22.6 Å². The van der Waals surface area contributed by atoms with Gasteiger partial charge in [-0.2, -0.15) is 4.98 Å². The van der Waals surface area contributed by atoms with Crippen LogP contribution in [-0.4, -0.2) is 49.4 Å². The minimum absolute atomic E-state index is 0.169. The van der Waals surface area contributed by atoms with E-state index in [0.29, 0.717) is 24.0 Å². The molecule has 4 aromatic rings. The number of ether oxygens (including phenoxy) is 2. The van der Waals surface area contributed by atoms with E-state index in [1.807, 2.05) is 36.5 Å². The zero-order valence-corrected chi connectivity index (χ0v) is 16.5. The van der Waals surface area contributed by atoms with Gasteiger partial charge in [0.05, 0.1) is 5.75 Å². The minimum atomic E-state index is -0.226. The third-order valence-corrected chi connectivity index (χ3v) is 5.21. The zero-order chi connectivity index (χ0) is 20.3. The Morgan fingerprint density at radius 2 is 1.87 bits per heavy atom. The monoisotopic (exact) mass is 420 g/mol. The number of anilines is 1. The average Bonchev–Trinajstić information content (AvgIpc) is 3.19. The third-order valence-electron chi connectivity index (χ3n) is 4.33. The number of hydrogen-bond donors (Lipinski definition) is 1. The summed E-state index contributed by atoms with van der Waals surface area (Å²) in [6.07, 6.45) is 5.13. The number of hydrogen-bond acceptors (Lipinski definition) is 8. The second-order valence-corrected chi connectivity index (χ2v) is 7.33. The molecule has 0 saturated carbocycles. The first kappa shape index (κ1) is 18.4. The van der Waals surface area contributed by atoms with Gasteiger partial charge in [0.25, 0.3) is 0 Å². The van der Waals surface area contributed by atoms with Gasteiger partial charge >= 0.3 is 0 Å². The Kier molecular flexibility index (Phi) is 4.89. The smallest absolute Gasteiger partial charge is 0.249 e. The van der Waals surface area contributed by atoms with E-state index in [9.17, 15) is 4.79 Å². The molecule has 0 bridgehead atoms. The summed E-state index contributed by atoms with van der Waals surface area (Å²) in [5, 5.41) is 7.61. The van der Waals surface area contributed by atoms with E-state index in [-0.39, 0.29) is 17.6 Å². The maximum absolute atomic E-state index is 12.2. The summed E-state index contributed by atoms with van der Waals surface area (Å²) >= 11 is 1.25. The fraction of sp³-hybridized carbons (Fsp3) is 0.150. The van der Waals surface area contributed by atoms with Crippen LogP contribution >= 0.6 is 11.8 Å². The number of nitrogens with zero attached hydrogens (tertiary/aromatic N) is 5. The van der Waals surface area contributed by atoms with Crippen molar-refractivity contribution in [2.45, 2.75) is 5.16 Å². The molecule has 1 aliphatic rings. The summed E-state index contributed by atoms with van der Waals surface area (Å²) in [7, 11) is 0. The molecule has 30 heavy (non-hydrogen) atoms. The lowest BCUT2D eigenvalue weighted by molar-refractivity contribution is -0.113. The molecule has 150 valence electrons. The molecule has 9 nitrogen and oxygen atoms in total. The molecule has 1 aliphatic heterocycles. The second-order valence-electron chi connectivity index (χ2n) is 6.38. The Morgan fingerprint density at radius 3 is 2.73 bits per heavy atom. The van der Waals surface area contributed by atoms with Crippen LogP contribution in [0, 0.1) is 0 Å². The van der Waals surface area contributed by atoms with Crippen LogP contribution in [0.5, 0.6) is 11.5 Å². The molecule has 1 amide bonds. The lowest BCUT2D eigenvalue weighted by Gasteiger charge is -2.18. The van der Waals surface area contributed by atoms with E-state index in [4.69, 9.17) is 9.47 Å². The third kappa shape index (κ3) is 3.90. The largest absolute Gasteiger partial charge is 0.486 e. The maximum Gasteiger partial charge on any atom is 0.249 e. The van der Waals surface area contributed by atoms with Crippen LogP contribution in [0.1, 0.15) is 0 Å². The van der Waals surface area contributed by atoms with Crippen LogP contribution in [0.15, 0.2) is 60.1 Å². The van der Waals surface area contributed by atoms with Gasteiger partial charge in [0, 0.05) is 24.2 Å². The Morgan fingerprint density at radius 1 is 1.07 bits per heavy atom. The topological polar surface area (TPSA) is 104 Å². The summed E-state index contributed by atoms with van der Waals surface area (Å²) in [6.45, 7) is 1.10. The van der Waals surface area contributed by atoms with Crippen molar-refractivity contribution in [3.8, 4) is 22.6 Å². The maximum atomic E-state index is 12.2. The molecule has 0 atom stereocenters. The lowest BCUT2D eigenvalue weighted by Crippen LogP contribution is -2.15. The predicted molar refractivity (Wildman–Crippen MR) is 111 cm³/mol. The standard InChI is InChI=1S/C20H16N6O3S/c27-18(12-30-20-21-6-1-7-22-20)24-19-23-17-5-3-14(11-26(17)25-19)13-2-4-15-16(10-13)29-9-8-28-15/h1-7,10-11H,8-9,12H2,(H,24,25,27). The fourth-order valence-corrected chi connectivity index (χ4v) is 3.58. The summed E-state index contributed by atoms with van der Waals surface area (Å²) < 4.78 is 12.9. The number of amides is 1. The Bertz CT molecular complexity index is 1210. The van der Waals surface area contributed by atoms with Crippen molar-refractivity contribution in [2.24, 2.45) is 0 Å². The number of thioether (sulfide) groups is 1. The highest BCUT2D eigenvalue weighted by Crippen LogP contribution is 2.34. The number of fused-ring (bicyclic) bond motifs is 2. The van der Waals surface area contributed by atoms with Crippen LogP contribution in [0.3, 0.4) is 0 Å². The van der Waals surface area contributed by atoms with E-state index >= 15 is 0 Å². The van der Waals surface area contributed by atoms with Gasteiger partial charge in [0.2, 0.25) is 11.9 Å². The second kappa shape index (κ2) is 7.99. The highest BCUT2D eigenvalue weighted by Gasteiger charge is 2.14. The van der Waals surface area contributed by atoms with E-state index in [2.05, 4.69) is 25.4 Å². The Balaban J connectivity index is 1.31. The SMILES string of the molecule is O=C(CSc1ncccn1)Nc1nc2ccc(-c3ccc4c(c3)OCCO4)cn2n1. The van der Waals surface area contributed by atoms with Crippen LogP contribution in [0.25, 0.3) is 16.8 Å². The summed E-state index contributed by atoms with van der Waals surface area (Å²) in [4.78, 5) is 24.7. The zero-order valence-electron chi connectivity index (χ0n) is 15.7. The minimum Gasteiger partial charge on any atom is -0.486 e. The van der Waals surface area contributed by atoms with Crippen molar-refractivity contribution < 1.29 is 14.3 Å². The molecule has 0 saturated heterocycles. The van der Waals surface area contributed by atoms with E-state index in [1.54, 1.807) is 23.0 Å². The van der Waals surface area contributed by atoms with Crippen molar-refractivity contribution in [1.82, 2.24) is 24.6 Å². The molecular weight excluding hydrogens is 404 g/mol. The molecule has 5 rings (SSSR count). The predicted octanol–water partition coefficient (Wildman–Crippen LogP) is 2.69. The summed E-state index contributed by atoms with van der Waals surface area (Å²) in [5.74, 6) is 1.66. The highest BCUT2D eigenvalue weighted by atomic mass is 32.2. The van der Waals surface area contributed by atoms with Crippen LogP contribution < -0.4 is 14.8 Å². The van der Waals surface area contributed by atoms with Crippen molar-refractivity contribution in [1.29, 1.82) is 0 Å². The number of aromatic nitrogens is 5. The number of nitrogens with one attached hydrogen (secondary N) is 1. The van der Waals surface area contributed by atoms with Gasteiger partial charge in [-0.1, -0.05) is 17.8 Å². The van der Waals surface area contributed by atoms with Gasteiger partial charge in [-0.05, 0) is 35.9 Å². The van der Waals surface area contributed by atoms with Gasteiger partial charge in [0.1, 0.15) is 13.2 Å². The van der Waals surface area contributed by atoms with Gasteiger partial charge < -0.3 is 9.47 Å². The number of rotatable bonds is 5. The molecule has 0 fully saturated rings. The van der Waals surface area contributed by atoms with Gasteiger partial charge in [0.15, 0.2) is 22.3 Å². The van der Waals surface area contributed by atoms with Crippen LogP contribution in [-0.2, 0) is 4.79 Å². The molecule has 4 heterocycles. The van der Waals surface area contributed by atoms with E-state index in [1.165, 1.54) is 11.8 Å². The normalized spacial score (nSPS) is 12.7. The Hall–Kier alpha value is -3.66. The molecule has 10 heteroatoms. The number of carbonyl (C=O) groups excluding carboxylic acids is 1. The molecule has 0 unspecified atom stereocenters. The van der Waals surface area contributed by atoms with Crippen LogP contribution in [0.2, 0.25) is 0 Å². The first-order chi connectivity index (χ1) is 14.7.